The van der Waals surface area contributed by atoms with Gasteiger partial charge in [-0.2, -0.15) is 0 Å². The van der Waals surface area contributed by atoms with Crippen molar-refractivity contribution in [3.05, 3.63) is 71.8 Å². The monoisotopic (exact) mass is 278 g/mol. The van der Waals surface area contributed by atoms with Crippen LogP contribution in [0.1, 0.15) is 30.4 Å². The number of hydrogen-bond acceptors (Lipinski definition) is 2. The summed E-state index contributed by atoms with van der Waals surface area (Å²) in [7, 11) is 0. The molecule has 0 fully saturated rings. The molecule has 2 heteroatoms. The lowest BCUT2D eigenvalue weighted by molar-refractivity contribution is -0.114. The van der Waals surface area contributed by atoms with Crippen molar-refractivity contribution in [2.45, 2.75) is 25.9 Å². The van der Waals surface area contributed by atoms with Gasteiger partial charge in [0.25, 0.3) is 0 Å². The predicted octanol–water partition coefficient (Wildman–Crippen LogP) is 4.40. The minimum Gasteiger partial charge on any atom is -0.489 e. The van der Waals surface area contributed by atoms with Crippen molar-refractivity contribution in [1.82, 2.24) is 0 Å². The van der Waals surface area contributed by atoms with Crippen LogP contribution >= 0.6 is 0 Å². The molecule has 2 aromatic carbocycles. The van der Waals surface area contributed by atoms with Crippen LogP contribution in [0.4, 0.5) is 0 Å². The van der Waals surface area contributed by atoms with Gasteiger partial charge in [-0.15, -0.1) is 0 Å². The highest BCUT2D eigenvalue weighted by Gasteiger charge is 2.15. The van der Waals surface area contributed by atoms with Crippen molar-refractivity contribution in [2.75, 3.05) is 0 Å². The minimum absolute atomic E-state index is 0.249. The van der Waals surface area contributed by atoms with E-state index < -0.39 is 0 Å². The number of hydrogen-bond donors (Lipinski definition) is 0. The molecule has 0 spiro atoms. The van der Waals surface area contributed by atoms with Crippen molar-refractivity contribution in [3.8, 4) is 5.75 Å². The molecule has 0 aromatic heterocycles. The van der Waals surface area contributed by atoms with Gasteiger partial charge in [-0.3, -0.25) is 4.79 Å². The SMILES string of the molecule is O=C1CCCC=C1c1ccc(OCc2ccccc2)cc1. The average Bonchev–Trinajstić information content (AvgIpc) is 2.55. The van der Waals surface area contributed by atoms with E-state index in [1.165, 1.54) is 0 Å². The molecule has 0 bridgehead atoms. The molecule has 0 atom stereocenters. The minimum atomic E-state index is 0.249. The van der Waals surface area contributed by atoms with E-state index in [4.69, 9.17) is 4.74 Å². The first-order valence-corrected chi connectivity index (χ1v) is 7.33. The summed E-state index contributed by atoms with van der Waals surface area (Å²) in [6.07, 6.45) is 4.68. The first-order valence-electron chi connectivity index (χ1n) is 7.33. The summed E-state index contributed by atoms with van der Waals surface area (Å²) in [5, 5.41) is 0. The summed E-state index contributed by atoms with van der Waals surface area (Å²) in [4.78, 5) is 11.9. The highest BCUT2D eigenvalue weighted by atomic mass is 16.5. The third kappa shape index (κ3) is 3.40. The van der Waals surface area contributed by atoms with E-state index in [-0.39, 0.29) is 5.78 Å². The molecule has 21 heavy (non-hydrogen) atoms. The summed E-state index contributed by atoms with van der Waals surface area (Å²) >= 11 is 0. The fourth-order valence-electron chi connectivity index (χ4n) is 2.51. The fourth-order valence-corrected chi connectivity index (χ4v) is 2.51. The van der Waals surface area contributed by atoms with Gasteiger partial charge in [0.1, 0.15) is 12.4 Å². The maximum atomic E-state index is 11.9. The maximum absolute atomic E-state index is 11.9. The van der Waals surface area contributed by atoms with Crippen molar-refractivity contribution in [3.63, 3.8) is 0 Å². The number of rotatable bonds is 4. The van der Waals surface area contributed by atoms with E-state index >= 15 is 0 Å². The first-order chi connectivity index (χ1) is 10.3. The summed E-state index contributed by atoms with van der Waals surface area (Å²) in [6, 6.07) is 17.9. The zero-order chi connectivity index (χ0) is 14.5. The van der Waals surface area contributed by atoms with E-state index in [9.17, 15) is 4.79 Å². The molecule has 3 rings (SSSR count). The van der Waals surface area contributed by atoms with E-state index in [0.717, 1.165) is 35.3 Å². The second kappa shape index (κ2) is 6.40. The number of ketones is 1. The topological polar surface area (TPSA) is 26.3 Å². The Labute approximate surface area is 125 Å². The number of carbonyl (C=O) groups is 1. The van der Waals surface area contributed by atoms with Gasteiger partial charge in [-0.1, -0.05) is 48.5 Å². The van der Waals surface area contributed by atoms with Crippen LogP contribution < -0.4 is 4.74 Å². The van der Waals surface area contributed by atoms with Gasteiger partial charge in [-0.25, -0.2) is 0 Å². The van der Waals surface area contributed by atoms with Crippen molar-refractivity contribution in [1.29, 1.82) is 0 Å². The number of benzene rings is 2. The van der Waals surface area contributed by atoms with E-state index in [1.807, 2.05) is 60.7 Å². The standard InChI is InChI=1S/C19H18O2/c20-19-9-5-4-8-18(19)16-10-12-17(13-11-16)21-14-15-6-2-1-3-7-15/h1-3,6-8,10-13H,4-5,9,14H2. The Morgan fingerprint density at radius 2 is 1.71 bits per heavy atom. The lowest BCUT2D eigenvalue weighted by Gasteiger charge is -2.12. The van der Waals surface area contributed by atoms with Gasteiger partial charge in [-0.05, 0) is 36.1 Å². The number of carbonyl (C=O) groups excluding carboxylic acids is 1. The van der Waals surface area contributed by atoms with E-state index in [1.54, 1.807) is 0 Å². The van der Waals surface area contributed by atoms with Crippen LogP contribution in [-0.2, 0) is 11.4 Å². The molecule has 0 unspecified atom stereocenters. The third-order valence-electron chi connectivity index (χ3n) is 3.67. The van der Waals surface area contributed by atoms with Crippen LogP contribution in [0.25, 0.3) is 5.57 Å². The van der Waals surface area contributed by atoms with E-state index in [0.29, 0.717) is 13.0 Å². The molecular weight excluding hydrogens is 260 g/mol. The Bertz CT molecular complexity index is 639. The Morgan fingerprint density at radius 1 is 0.952 bits per heavy atom. The molecule has 0 saturated heterocycles. The maximum Gasteiger partial charge on any atom is 0.163 e. The molecule has 2 aromatic rings. The number of Topliss-reactive ketones (excluding diaryl/α,β-unsaturated/α-hetero) is 1. The van der Waals surface area contributed by atoms with Crippen LogP contribution in [-0.4, -0.2) is 5.78 Å². The van der Waals surface area contributed by atoms with Crippen molar-refractivity contribution < 1.29 is 9.53 Å². The second-order valence-corrected chi connectivity index (χ2v) is 5.23. The molecule has 0 aliphatic heterocycles. The number of ether oxygens (including phenoxy) is 1. The largest absolute Gasteiger partial charge is 0.489 e. The van der Waals surface area contributed by atoms with Gasteiger partial charge in [0.15, 0.2) is 5.78 Å². The predicted molar refractivity (Wildman–Crippen MR) is 84.1 cm³/mol. The lowest BCUT2D eigenvalue weighted by Crippen LogP contribution is -2.05. The Morgan fingerprint density at radius 3 is 2.43 bits per heavy atom. The molecule has 0 saturated carbocycles. The molecule has 0 heterocycles. The molecule has 0 radical (unpaired) electrons. The molecule has 2 nitrogen and oxygen atoms in total. The van der Waals surface area contributed by atoms with Gasteiger partial charge < -0.3 is 4.74 Å². The van der Waals surface area contributed by atoms with Crippen LogP contribution in [0.3, 0.4) is 0 Å². The average molecular weight is 278 g/mol. The Hall–Kier alpha value is -2.35. The fraction of sp³-hybridized carbons (Fsp3) is 0.211. The van der Waals surface area contributed by atoms with Crippen LogP contribution in [0, 0.1) is 0 Å². The summed E-state index contributed by atoms with van der Waals surface area (Å²) < 4.78 is 5.76. The molecular formula is C19H18O2. The zero-order valence-corrected chi connectivity index (χ0v) is 11.9. The van der Waals surface area contributed by atoms with Crippen LogP contribution in [0.15, 0.2) is 60.7 Å². The molecule has 1 aliphatic carbocycles. The lowest BCUT2D eigenvalue weighted by atomic mass is 9.92. The molecule has 0 amide bonds. The second-order valence-electron chi connectivity index (χ2n) is 5.23. The smallest absolute Gasteiger partial charge is 0.163 e. The molecule has 0 N–H and O–H groups in total. The summed E-state index contributed by atoms with van der Waals surface area (Å²) in [5.74, 6) is 1.07. The summed E-state index contributed by atoms with van der Waals surface area (Å²) in [5.41, 5.74) is 2.99. The van der Waals surface area contributed by atoms with Crippen molar-refractivity contribution >= 4 is 11.4 Å². The van der Waals surface area contributed by atoms with E-state index in [2.05, 4.69) is 0 Å². The normalized spacial score (nSPS) is 14.7. The van der Waals surface area contributed by atoms with Gasteiger partial charge >= 0.3 is 0 Å². The highest BCUT2D eigenvalue weighted by molar-refractivity contribution is 6.21. The highest BCUT2D eigenvalue weighted by Crippen LogP contribution is 2.25. The van der Waals surface area contributed by atoms with Gasteiger partial charge in [0, 0.05) is 12.0 Å². The van der Waals surface area contributed by atoms with Crippen LogP contribution in [0.5, 0.6) is 5.75 Å². The molecule has 1 aliphatic rings. The quantitative estimate of drug-likeness (QED) is 0.828. The Balaban J connectivity index is 1.67. The van der Waals surface area contributed by atoms with Crippen molar-refractivity contribution in [2.24, 2.45) is 0 Å². The Kier molecular flexibility index (Phi) is 4.15. The first kappa shape index (κ1) is 13.6. The summed E-state index contributed by atoms with van der Waals surface area (Å²) in [6.45, 7) is 0.557. The van der Waals surface area contributed by atoms with Crippen LogP contribution in [0.2, 0.25) is 0 Å². The molecule has 106 valence electrons. The third-order valence-corrected chi connectivity index (χ3v) is 3.67. The zero-order valence-electron chi connectivity index (χ0n) is 11.9. The van der Waals surface area contributed by atoms with Gasteiger partial charge in [0.05, 0.1) is 0 Å². The number of allylic oxidation sites excluding steroid dienone is 2. The van der Waals surface area contributed by atoms with Gasteiger partial charge in [0.2, 0.25) is 0 Å².